The van der Waals surface area contributed by atoms with E-state index in [2.05, 4.69) is 18.3 Å². The van der Waals surface area contributed by atoms with Crippen LogP contribution in [0.15, 0.2) is 27.0 Å². The molecule has 2 heterocycles. The first kappa shape index (κ1) is 14.9. The van der Waals surface area contributed by atoms with Gasteiger partial charge in [-0.3, -0.25) is 0 Å². The molecule has 0 aliphatic heterocycles. The van der Waals surface area contributed by atoms with E-state index in [1.807, 2.05) is 32.9 Å². The number of furan rings is 2. The fourth-order valence-corrected chi connectivity index (χ4v) is 2.02. The maximum Gasteiger partial charge on any atom is 0.117 e. The van der Waals surface area contributed by atoms with Crippen LogP contribution in [0.3, 0.4) is 0 Å². The summed E-state index contributed by atoms with van der Waals surface area (Å²) in [5.74, 6) is 3.86. The van der Waals surface area contributed by atoms with Crippen molar-refractivity contribution >= 4 is 12.4 Å². The van der Waals surface area contributed by atoms with E-state index in [1.54, 1.807) is 0 Å². The van der Waals surface area contributed by atoms with E-state index in [9.17, 15) is 0 Å². The molecule has 0 saturated heterocycles. The summed E-state index contributed by atoms with van der Waals surface area (Å²) in [4.78, 5) is 0. The largest absolute Gasteiger partial charge is 0.466 e. The maximum atomic E-state index is 5.53. The normalized spacial score (nSPS) is 12.2. The van der Waals surface area contributed by atoms with E-state index in [4.69, 9.17) is 8.83 Å². The predicted octanol–water partition coefficient (Wildman–Crippen LogP) is 4.07. The molecule has 4 heteroatoms. The summed E-state index contributed by atoms with van der Waals surface area (Å²) in [7, 11) is 0. The van der Waals surface area contributed by atoms with Crippen molar-refractivity contribution in [2.45, 2.75) is 40.3 Å². The van der Waals surface area contributed by atoms with Gasteiger partial charge in [0.2, 0.25) is 0 Å². The van der Waals surface area contributed by atoms with E-state index in [-0.39, 0.29) is 18.4 Å². The molecule has 100 valence electrons. The van der Waals surface area contributed by atoms with E-state index < -0.39 is 0 Å². The second-order valence-corrected chi connectivity index (χ2v) is 4.48. The molecule has 0 fully saturated rings. The van der Waals surface area contributed by atoms with Gasteiger partial charge in [0.15, 0.2) is 0 Å². The highest BCUT2D eigenvalue weighted by molar-refractivity contribution is 5.85. The van der Waals surface area contributed by atoms with E-state index >= 15 is 0 Å². The third kappa shape index (κ3) is 3.40. The molecule has 2 aromatic rings. The molecular formula is C14H20ClNO2. The third-order valence-corrected chi connectivity index (χ3v) is 2.92. The summed E-state index contributed by atoms with van der Waals surface area (Å²) in [6.45, 7) is 8.79. The Kier molecular flexibility index (Phi) is 5.05. The van der Waals surface area contributed by atoms with Gasteiger partial charge in [-0.25, -0.2) is 0 Å². The number of halogens is 1. The van der Waals surface area contributed by atoms with Crippen LogP contribution >= 0.6 is 12.4 Å². The lowest BCUT2D eigenvalue weighted by molar-refractivity contribution is 0.439. The van der Waals surface area contributed by atoms with Crippen molar-refractivity contribution in [3.8, 4) is 0 Å². The number of rotatable bonds is 4. The minimum atomic E-state index is 0. The maximum absolute atomic E-state index is 5.53. The van der Waals surface area contributed by atoms with Gasteiger partial charge in [0.25, 0.3) is 0 Å². The average Bonchev–Trinajstić information content (AvgIpc) is 2.81. The van der Waals surface area contributed by atoms with Crippen LogP contribution in [0.25, 0.3) is 0 Å². The lowest BCUT2D eigenvalue weighted by Gasteiger charge is -2.11. The molecule has 3 nitrogen and oxygen atoms in total. The summed E-state index contributed by atoms with van der Waals surface area (Å²) in [6.07, 6.45) is 0. The van der Waals surface area contributed by atoms with Crippen LogP contribution < -0.4 is 5.32 Å². The Balaban J connectivity index is 0.00000162. The zero-order valence-electron chi connectivity index (χ0n) is 11.2. The molecule has 2 rings (SSSR count). The fourth-order valence-electron chi connectivity index (χ4n) is 2.02. The van der Waals surface area contributed by atoms with Crippen molar-refractivity contribution in [1.82, 2.24) is 5.32 Å². The molecular weight excluding hydrogens is 250 g/mol. The first-order chi connectivity index (χ1) is 8.06. The lowest BCUT2D eigenvalue weighted by Crippen LogP contribution is -2.17. The van der Waals surface area contributed by atoms with Gasteiger partial charge in [0.1, 0.15) is 23.0 Å². The van der Waals surface area contributed by atoms with Gasteiger partial charge in [-0.2, -0.15) is 0 Å². The molecule has 2 aromatic heterocycles. The molecule has 1 atom stereocenters. The Bertz CT molecular complexity index is 502. The Hall–Kier alpha value is -1.19. The highest BCUT2D eigenvalue weighted by Gasteiger charge is 2.12. The Morgan fingerprint density at radius 1 is 1.11 bits per heavy atom. The van der Waals surface area contributed by atoms with Crippen LogP contribution in [0, 0.1) is 20.8 Å². The first-order valence-corrected chi connectivity index (χ1v) is 5.92. The van der Waals surface area contributed by atoms with Gasteiger partial charge in [-0.1, -0.05) is 0 Å². The second-order valence-electron chi connectivity index (χ2n) is 4.48. The molecule has 0 spiro atoms. The monoisotopic (exact) mass is 269 g/mol. The SMILES string of the molecule is Cc1ccc(CNC(C)c2cc(C)oc2C)o1.Cl. The van der Waals surface area contributed by atoms with Crippen LogP contribution in [-0.2, 0) is 6.54 Å². The lowest BCUT2D eigenvalue weighted by atomic mass is 10.1. The topological polar surface area (TPSA) is 38.3 Å². The van der Waals surface area contributed by atoms with E-state index in [0.717, 1.165) is 29.6 Å². The van der Waals surface area contributed by atoms with Gasteiger partial charge < -0.3 is 14.2 Å². The fraction of sp³-hybridized carbons (Fsp3) is 0.429. The van der Waals surface area contributed by atoms with E-state index in [0.29, 0.717) is 0 Å². The van der Waals surface area contributed by atoms with Crippen LogP contribution in [0.2, 0.25) is 0 Å². The van der Waals surface area contributed by atoms with Gasteiger partial charge >= 0.3 is 0 Å². The van der Waals surface area contributed by atoms with Crippen molar-refractivity contribution < 1.29 is 8.83 Å². The first-order valence-electron chi connectivity index (χ1n) is 5.92. The molecule has 1 unspecified atom stereocenters. The molecule has 0 aliphatic carbocycles. The second kappa shape index (κ2) is 6.12. The Morgan fingerprint density at radius 3 is 2.33 bits per heavy atom. The van der Waals surface area contributed by atoms with Crippen molar-refractivity contribution in [2.24, 2.45) is 0 Å². The average molecular weight is 270 g/mol. The summed E-state index contributed by atoms with van der Waals surface area (Å²) in [5.41, 5.74) is 1.21. The molecule has 18 heavy (non-hydrogen) atoms. The Morgan fingerprint density at radius 2 is 1.83 bits per heavy atom. The zero-order chi connectivity index (χ0) is 12.4. The van der Waals surface area contributed by atoms with E-state index in [1.165, 1.54) is 5.56 Å². The molecule has 0 amide bonds. The molecule has 0 bridgehead atoms. The quantitative estimate of drug-likeness (QED) is 0.909. The molecule has 0 aliphatic rings. The summed E-state index contributed by atoms with van der Waals surface area (Å²) < 4.78 is 11.0. The van der Waals surface area contributed by atoms with Crippen LogP contribution in [0.5, 0.6) is 0 Å². The summed E-state index contributed by atoms with van der Waals surface area (Å²) >= 11 is 0. The summed E-state index contributed by atoms with van der Waals surface area (Å²) in [6, 6.07) is 6.33. The van der Waals surface area contributed by atoms with Gasteiger partial charge in [-0.15, -0.1) is 12.4 Å². The van der Waals surface area contributed by atoms with Crippen LogP contribution in [0.1, 0.15) is 41.6 Å². The minimum absolute atomic E-state index is 0. The highest BCUT2D eigenvalue weighted by atomic mass is 35.5. The number of nitrogens with one attached hydrogen (secondary N) is 1. The van der Waals surface area contributed by atoms with Crippen LogP contribution in [0.4, 0.5) is 0 Å². The highest BCUT2D eigenvalue weighted by Crippen LogP contribution is 2.21. The predicted molar refractivity (Wildman–Crippen MR) is 74.1 cm³/mol. The Labute approximate surface area is 114 Å². The number of aryl methyl sites for hydroxylation is 3. The molecule has 0 saturated carbocycles. The summed E-state index contributed by atoms with van der Waals surface area (Å²) in [5, 5.41) is 3.43. The molecule has 0 aromatic carbocycles. The third-order valence-electron chi connectivity index (χ3n) is 2.92. The molecule has 1 N–H and O–H groups in total. The van der Waals surface area contributed by atoms with Crippen molar-refractivity contribution in [3.63, 3.8) is 0 Å². The van der Waals surface area contributed by atoms with Gasteiger partial charge in [0.05, 0.1) is 6.54 Å². The van der Waals surface area contributed by atoms with Crippen molar-refractivity contribution in [2.75, 3.05) is 0 Å². The number of hydrogen-bond acceptors (Lipinski definition) is 3. The minimum Gasteiger partial charge on any atom is -0.466 e. The zero-order valence-corrected chi connectivity index (χ0v) is 12.1. The van der Waals surface area contributed by atoms with Gasteiger partial charge in [0, 0.05) is 11.6 Å². The smallest absolute Gasteiger partial charge is 0.117 e. The van der Waals surface area contributed by atoms with Crippen molar-refractivity contribution in [1.29, 1.82) is 0 Å². The number of hydrogen-bond donors (Lipinski definition) is 1. The van der Waals surface area contributed by atoms with Crippen LogP contribution in [-0.4, -0.2) is 0 Å². The molecule has 0 radical (unpaired) electrons. The van der Waals surface area contributed by atoms with Crippen molar-refractivity contribution in [3.05, 3.63) is 46.8 Å². The standard InChI is InChI=1S/C14H19NO2.ClH/c1-9-5-6-13(17-9)8-15-11(3)14-7-10(2)16-12(14)4;/h5-7,11,15H,8H2,1-4H3;1H. The van der Waals surface area contributed by atoms with Gasteiger partial charge in [-0.05, 0) is 45.9 Å².